The van der Waals surface area contributed by atoms with Gasteiger partial charge in [-0.05, 0) is 105 Å². The van der Waals surface area contributed by atoms with E-state index >= 15 is 0 Å². The molecule has 3 fully saturated rings. The van der Waals surface area contributed by atoms with Crippen LogP contribution in [0.5, 0.6) is 0 Å². The van der Waals surface area contributed by atoms with Crippen molar-refractivity contribution < 1.29 is 38.2 Å². The second kappa shape index (κ2) is 20.2. The zero-order valence-corrected chi connectivity index (χ0v) is 36.8. The summed E-state index contributed by atoms with van der Waals surface area (Å²) >= 11 is 0. The van der Waals surface area contributed by atoms with Crippen molar-refractivity contribution in [2.24, 2.45) is 11.8 Å². The number of amides is 6. The summed E-state index contributed by atoms with van der Waals surface area (Å²) in [6.07, 6.45) is 2.79. The van der Waals surface area contributed by atoms with E-state index in [4.69, 9.17) is 9.47 Å². The lowest BCUT2D eigenvalue weighted by Crippen LogP contribution is -2.54. The van der Waals surface area contributed by atoms with Gasteiger partial charge in [0.05, 0.1) is 26.3 Å². The van der Waals surface area contributed by atoms with Gasteiger partial charge in [0.15, 0.2) is 0 Å². The normalized spacial score (nSPS) is 20.8. The predicted octanol–water partition coefficient (Wildman–Crippen LogP) is 6.70. The van der Waals surface area contributed by atoms with E-state index in [0.29, 0.717) is 50.1 Å². The van der Waals surface area contributed by atoms with Crippen LogP contribution in [0.25, 0.3) is 0 Å². The summed E-state index contributed by atoms with van der Waals surface area (Å²) in [6, 6.07) is 21.4. The van der Waals surface area contributed by atoms with Crippen molar-refractivity contribution in [1.82, 2.24) is 20.4 Å². The first-order valence-corrected chi connectivity index (χ1v) is 21.7. The Kier molecular flexibility index (Phi) is 14.8. The van der Waals surface area contributed by atoms with Crippen LogP contribution >= 0.6 is 0 Å². The van der Waals surface area contributed by atoms with E-state index in [-0.39, 0.29) is 47.5 Å². The molecule has 0 unspecified atom stereocenters. The number of alkyl carbamates (subject to hydrolysis) is 2. The van der Waals surface area contributed by atoms with Gasteiger partial charge >= 0.3 is 12.2 Å². The van der Waals surface area contributed by atoms with Crippen molar-refractivity contribution >= 4 is 52.9 Å². The Bertz CT molecular complexity index is 1950. The van der Waals surface area contributed by atoms with E-state index in [0.717, 1.165) is 35.2 Å². The molecule has 0 bridgehead atoms. The molecule has 6 atom stereocenters. The van der Waals surface area contributed by atoms with Crippen LogP contribution in [0, 0.1) is 18.8 Å². The number of carbonyl (C=O) groups excluding carboxylic acids is 6. The molecule has 3 aromatic carbocycles. The van der Waals surface area contributed by atoms with E-state index in [1.54, 1.807) is 9.80 Å². The number of nitrogens with one attached hydrogen (secondary N) is 4. The number of hydrogen-bond acceptors (Lipinski definition) is 9. The molecule has 4 N–H and O–H groups in total. The Morgan fingerprint density at radius 2 is 0.952 bits per heavy atom. The number of hydrogen-bond donors (Lipinski definition) is 4. The van der Waals surface area contributed by atoms with Gasteiger partial charge in [-0.1, -0.05) is 69.7 Å². The minimum absolute atomic E-state index is 0.0410. The third-order valence-electron chi connectivity index (χ3n) is 12.3. The van der Waals surface area contributed by atoms with Crippen LogP contribution in [0.4, 0.5) is 26.7 Å². The molecule has 0 saturated carbocycles. The molecule has 6 amide bonds. The fraction of sp³-hybridized carbons (Fsp3) is 0.489. The lowest BCUT2D eigenvalue weighted by Gasteiger charge is -2.33. The number of methoxy groups -OCH3 is 2. The van der Waals surface area contributed by atoms with Gasteiger partial charge in [0.1, 0.15) is 24.2 Å². The van der Waals surface area contributed by atoms with Crippen LogP contribution < -0.4 is 26.2 Å². The average Bonchev–Trinajstić information content (AvgIpc) is 4.06. The van der Waals surface area contributed by atoms with Gasteiger partial charge in [-0.2, -0.15) is 0 Å². The molecule has 62 heavy (non-hydrogen) atoms. The Morgan fingerprint density at radius 3 is 1.31 bits per heavy atom. The molecule has 3 aliphatic rings. The summed E-state index contributed by atoms with van der Waals surface area (Å²) in [7, 11) is 2.50. The standard InChI is InChI=1S/C47H61N7O8/c1-28(2)40(50-46(59)61-6)44(57)52-26-8-10-38(52)42(55)48-33-18-14-31(15-19-33)36-24-25-37(54(36)35-22-12-30(5)13-23-35)32-16-20-34(21-17-32)49-43(56)39-11-9-27-53(39)45(58)41(29(3)4)51-47(60)62-7/h12-23,28-29,36-41H,8-11,24-27H2,1-7H3,(H,48,55)(H,49,56)(H,50,59)(H,51,60)/t36-,37-,38+,39+,40+,41+/m1/s1. The summed E-state index contributed by atoms with van der Waals surface area (Å²) in [5.41, 5.74) is 5.69. The Hall–Kier alpha value is -6.12. The van der Waals surface area contributed by atoms with Crippen LogP contribution in [0.3, 0.4) is 0 Å². The molecular formula is C47H61N7O8. The van der Waals surface area contributed by atoms with Crippen LogP contribution in [-0.2, 0) is 28.7 Å². The van der Waals surface area contributed by atoms with Crippen molar-refractivity contribution in [2.75, 3.05) is 42.8 Å². The lowest BCUT2D eigenvalue weighted by atomic mass is 10.0. The molecule has 0 spiro atoms. The highest BCUT2D eigenvalue weighted by Gasteiger charge is 2.41. The van der Waals surface area contributed by atoms with Crippen LogP contribution in [0.15, 0.2) is 72.8 Å². The van der Waals surface area contributed by atoms with Crippen molar-refractivity contribution in [2.45, 2.75) is 109 Å². The molecule has 6 rings (SSSR count). The number of likely N-dealkylation sites (tertiary alicyclic amines) is 2. The first-order valence-electron chi connectivity index (χ1n) is 21.7. The number of nitrogens with zero attached hydrogens (tertiary/aromatic N) is 3. The smallest absolute Gasteiger partial charge is 0.407 e. The third-order valence-corrected chi connectivity index (χ3v) is 12.3. The maximum absolute atomic E-state index is 13.6. The predicted molar refractivity (Wildman–Crippen MR) is 236 cm³/mol. The Labute approximate surface area is 364 Å². The number of anilines is 3. The molecular weight excluding hydrogens is 791 g/mol. The minimum atomic E-state index is -0.810. The highest BCUT2D eigenvalue weighted by molar-refractivity contribution is 5.99. The molecule has 0 aliphatic carbocycles. The molecule has 15 heteroatoms. The van der Waals surface area contributed by atoms with E-state index in [1.165, 1.54) is 14.2 Å². The van der Waals surface area contributed by atoms with E-state index in [1.807, 2.05) is 76.2 Å². The molecule has 3 aromatic rings. The number of aryl methyl sites for hydroxylation is 1. The molecule has 0 radical (unpaired) electrons. The zero-order chi connectivity index (χ0) is 44.7. The number of ether oxygens (including phenoxy) is 2. The summed E-state index contributed by atoms with van der Waals surface area (Å²) in [4.78, 5) is 83.8. The van der Waals surface area contributed by atoms with Crippen LogP contribution in [0.2, 0.25) is 0 Å². The maximum atomic E-state index is 13.6. The summed E-state index contributed by atoms with van der Waals surface area (Å²) in [5.74, 6) is -1.54. The summed E-state index contributed by atoms with van der Waals surface area (Å²) in [5, 5.41) is 11.3. The summed E-state index contributed by atoms with van der Waals surface area (Å²) < 4.78 is 9.46. The van der Waals surface area contributed by atoms with Crippen molar-refractivity contribution in [3.8, 4) is 0 Å². The van der Waals surface area contributed by atoms with Crippen LogP contribution in [0.1, 0.15) is 95.0 Å². The summed E-state index contributed by atoms with van der Waals surface area (Å²) in [6.45, 7) is 10.3. The average molecular weight is 852 g/mol. The number of carbonyl (C=O) groups is 6. The monoisotopic (exact) mass is 851 g/mol. The molecule has 3 saturated heterocycles. The van der Waals surface area contributed by atoms with Crippen molar-refractivity contribution in [3.63, 3.8) is 0 Å². The molecule has 3 aliphatic heterocycles. The van der Waals surface area contributed by atoms with Crippen molar-refractivity contribution in [1.29, 1.82) is 0 Å². The van der Waals surface area contributed by atoms with Gasteiger partial charge in [0.2, 0.25) is 23.6 Å². The minimum Gasteiger partial charge on any atom is -0.453 e. The molecule has 0 aromatic heterocycles. The van der Waals surface area contributed by atoms with Gasteiger partial charge in [-0.25, -0.2) is 9.59 Å². The lowest BCUT2D eigenvalue weighted by molar-refractivity contribution is -0.139. The topological polar surface area (TPSA) is 179 Å². The highest BCUT2D eigenvalue weighted by atomic mass is 16.5. The van der Waals surface area contributed by atoms with Gasteiger partial charge < -0.3 is 45.4 Å². The third kappa shape index (κ3) is 10.3. The highest BCUT2D eigenvalue weighted by Crippen LogP contribution is 2.47. The fourth-order valence-corrected chi connectivity index (χ4v) is 8.93. The zero-order valence-electron chi connectivity index (χ0n) is 36.8. The Morgan fingerprint density at radius 1 is 0.565 bits per heavy atom. The molecule has 15 nitrogen and oxygen atoms in total. The van der Waals surface area contributed by atoms with E-state index in [2.05, 4.69) is 57.4 Å². The number of rotatable bonds is 13. The first-order chi connectivity index (χ1) is 29.7. The molecule has 332 valence electrons. The fourth-order valence-electron chi connectivity index (χ4n) is 8.93. The van der Waals surface area contributed by atoms with E-state index < -0.39 is 36.4 Å². The van der Waals surface area contributed by atoms with Crippen molar-refractivity contribution in [3.05, 3.63) is 89.5 Å². The van der Waals surface area contributed by atoms with Crippen LogP contribution in [-0.4, -0.2) is 97.1 Å². The first kappa shape index (κ1) is 45.4. The second-order valence-electron chi connectivity index (χ2n) is 17.2. The van der Waals surface area contributed by atoms with Gasteiger partial charge in [-0.3, -0.25) is 19.2 Å². The Balaban J connectivity index is 1.13. The van der Waals surface area contributed by atoms with Gasteiger partial charge in [0, 0.05) is 30.2 Å². The largest absolute Gasteiger partial charge is 0.453 e. The quantitative estimate of drug-likeness (QED) is 0.146. The van der Waals surface area contributed by atoms with Gasteiger partial charge in [0.25, 0.3) is 0 Å². The maximum Gasteiger partial charge on any atom is 0.407 e. The van der Waals surface area contributed by atoms with Gasteiger partial charge in [-0.15, -0.1) is 0 Å². The molecule has 3 heterocycles. The SMILES string of the molecule is COC(=O)N[C@H](C(=O)N1CCC[C@H]1C(=O)Nc1ccc([C@H]2CC[C@H](c3ccc(NC(=O)[C@@H]4CCCN4C(=O)[C@@H](NC(=O)OC)C(C)C)cc3)N2c2ccc(C)cc2)cc1)C(C)C. The second-order valence-corrected chi connectivity index (χ2v) is 17.2. The number of benzene rings is 3. The van der Waals surface area contributed by atoms with E-state index in [9.17, 15) is 28.8 Å².